The summed E-state index contributed by atoms with van der Waals surface area (Å²) in [6, 6.07) is 8.43. The van der Waals surface area contributed by atoms with Gasteiger partial charge in [0.25, 0.3) is 0 Å². The van der Waals surface area contributed by atoms with E-state index >= 15 is 0 Å². The third kappa shape index (κ3) is 2.91. The van der Waals surface area contributed by atoms with E-state index in [1.54, 1.807) is 0 Å². The second-order valence-electron chi connectivity index (χ2n) is 4.98. The Kier molecular flexibility index (Phi) is 3.91. The molecule has 3 rings (SSSR count). The van der Waals surface area contributed by atoms with E-state index in [9.17, 15) is 4.79 Å². The van der Waals surface area contributed by atoms with Crippen molar-refractivity contribution < 1.29 is 0 Å². The molecule has 0 amide bonds. The quantitative estimate of drug-likeness (QED) is 0.640. The number of fused-ring (bicyclic) bond motifs is 1. The number of aromatic nitrogens is 2. The van der Waals surface area contributed by atoms with Crippen LogP contribution in [0.25, 0.3) is 11.0 Å². The zero-order chi connectivity index (χ0) is 15.0. The van der Waals surface area contributed by atoms with Gasteiger partial charge in [-0.2, -0.15) is 0 Å². The molecule has 6 heteroatoms. The second kappa shape index (κ2) is 5.69. The minimum atomic E-state index is -0.187. The number of benzene rings is 1. The summed E-state index contributed by atoms with van der Waals surface area (Å²) in [6.45, 7) is 4.31. The maximum absolute atomic E-state index is 11.3. The third-order valence-corrected chi connectivity index (χ3v) is 5.50. The lowest BCUT2D eigenvalue weighted by Crippen LogP contribution is -2.05. The van der Waals surface area contributed by atoms with Crippen LogP contribution in [0.5, 0.6) is 0 Å². The molecule has 3 N–H and O–H groups in total. The first-order chi connectivity index (χ1) is 10.1. The summed E-state index contributed by atoms with van der Waals surface area (Å²) in [7, 11) is 0. The topological polar surface area (TPSA) is 60.7 Å². The zero-order valence-electron chi connectivity index (χ0n) is 11.8. The number of halogens is 1. The highest BCUT2D eigenvalue weighted by atomic mass is 79.9. The normalized spacial score (nSPS) is 12.7. The molecule has 21 heavy (non-hydrogen) atoms. The predicted molar refractivity (Wildman–Crippen MR) is 92.4 cm³/mol. The molecule has 0 aliphatic carbocycles. The lowest BCUT2D eigenvalue weighted by Gasteiger charge is -2.15. The highest BCUT2D eigenvalue weighted by molar-refractivity contribution is 9.10. The summed E-state index contributed by atoms with van der Waals surface area (Å²) in [6.07, 6.45) is 1.07. The number of H-pyrrole nitrogens is 2. The summed E-state index contributed by atoms with van der Waals surface area (Å²) in [5, 5.41) is 3.49. The van der Waals surface area contributed by atoms with Gasteiger partial charge >= 0.3 is 5.69 Å². The number of rotatable bonds is 4. The Morgan fingerprint density at radius 3 is 2.67 bits per heavy atom. The molecule has 2 heterocycles. The van der Waals surface area contributed by atoms with Gasteiger partial charge in [-0.25, -0.2) is 4.79 Å². The summed E-state index contributed by atoms with van der Waals surface area (Å²) in [5.41, 5.74) is 2.39. The second-order valence-corrected chi connectivity index (χ2v) is 7.03. The molecule has 0 spiro atoms. The van der Waals surface area contributed by atoms with Gasteiger partial charge < -0.3 is 15.3 Å². The number of nitrogens with one attached hydrogen (secondary N) is 3. The number of aromatic amines is 2. The van der Waals surface area contributed by atoms with Crippen LogP contribution >= 0.6 is 27.3 Å². The van der Waals surface area contributed by atoms with Crippen molar-refractivity contribution >= 4 is 44.0 Å². The van der Waals surface area contributed by atoms with Crippen molar-refractivity contribution in [3.8, 4) is 0 Å². The fourth-order valence-electron chi connectivity index (χ4n) is 2.29. The zero-order valence-corrected chi connectivity index (χ0v) is 14.2. The van der Waals surface area contributed by atoms with Crippen molar-refractivity contribution in [2.45, 2.75) is 26.3 Å². The molecule has 1 unspecified atom stereocenters. The molecule has 0 saturated carbocycles. The van der Waals surface area contributed by atoms with E-state index in [1.165, 1.54) is 9.75 Å². The average molecular weight is 366 g/mol. The predicted octanol–water partition coefficient (Wildman–Crippen LogP) is 4.42. The van der Waals surface area contributed by atoms with Crippen molar-refractivity contribution in [1.82, 2.24) is 9.97 Å². The van der Waals surface area contributed by atoms with Gasteiger partial charge in [-0.15, -0.1) is 11.3 Å². The van der Waals surface area contributed by atoms with Gasteiger partial charge in [-0.05, 0) is 53.5 Å². The molecule has 1 atom stereocenters. The minimum absolute atomic E-state index is 0.187. The Hall–Kier alpha value is -1.53. The van der Waals surface area contributed by atoms with Crippen molar-refractivity contribution in [2.75, 3.05) is 5.32 Å². The van der Waals surface area contributed by atoms with Crippen LogP contribution in [-0.2, 0) is 6.42 Å². The monoisotopic (exact) mass is 365 g/mol. The van der Waals surface area contributed by atoms with Gasteiger partial charge in [0, 0.05) is 14.2 Å². The molecule has 110 valence electrons. The molecule has 2 aromatic heterocycles. The van der Waals surface area contributed by atoms with Gasteiger partial charge in [0.15, 0.2) is 0 Å². The molecule has 1 aromatic carbocycles. The Morgan fingerprint density at radius 1 is 1.29 bits per heavy atom. The summed E-state index contributed by atoms with van der Waals surface area (Å²) >= 11 is 5.38. The van der Waals surface area contributed by atoms with Crippen LogP contribution in [0.4, 0.5) is 5.69 Å². The van der Waals surface area contributed by atoms with E-state index in [0.717, 1.165) is 27.6 Å². The average Bonchev–Trinajstić information content (AvgIpc) is 3.04. The van der Waals surface area contributed by atoms with Crippen LogP contribution in [0.1, 0.15) is 29.6 Å². The number of hydrogen-bond acceptors (Lipinski definition) is 3. The maximum Gasteiger partial charge on any atom is 0.323 e. The number of thiophene rings is 1. The molecule has 0 fully saturated rings. The van der Waals surface area contributed by atoms with Crippen LogP contribution < -0.4 is 11.0 Å². The van der Waals surface area contributed by atoms with Gasteiger partial charge in [0.1, 0.15) is 0 Å². The maximum atomic E-state index is 11.3. The Balaban J connectivity index is 1.89. The van der Waals surface area contributed by atoms with Crippen LogP contribution in [0, 0.1) is 0 Å². The molecule has 0 aliphatic rings. The van der Waals surface area contributed by atoms with Crippen LogP contribution in [0.3, 0.4) is 0 Å². The van der Waals surface area contributed by atoms with E-state index in [2.05, 4.69) is 57.2 Å². The summed E-state index contributed by atoms with van der Waals surface area (Å²) in [4.78, 5) is 19.6. The number of aryl methyl sites for hydroxylation is 1. The van der Waals surface area contributed by atoms with E-state index in [1.807, 2.05) is 23.5 Å². The van der Waals surface area contributed by atoms with Crippen LogP contribution in [-0.4, -0.2) is 9.97 Å². The number of anilines is 1. The van der Waals surface area contributed by atoms with E-state index in [0.29, 0.717) is 0 Å². The molecule has 0 saturated heterocycles. The van der Waals surface area contributed by atoms with Crippen molar-refractivity contribution in [3.63, 3.8) is 0 Å². The summed E-state index contributed by atoms with van der Waals surface area (Å²) in [5.74, 6) is 0. The Morgan fingerprint density at radius 2 is 2.00 bits per heavy atom. The van der Waals surface area contributed by atoms with Crippen molar-refractivity contribution in [3.05, 3.63) is 49.0 Å². The highest BCUT2D eigenvalue weighted by Crippen LogP contribution is 2.31. The van der Waals surface area contributed by atoms with Crippen molar-refractivity contribution in [2.24, 2.45) is 0 Å². The van der Waals surface area contributed by atoms with E-state index in [-0.39, 0.29) is 11.7 Å². The first-order valence-electron chi connectivity index (χ1n) is 6.83. The third-order valence-electron chi connectivity index (χ3n) is 3.43. The summed E-state index contributed by atoms with van der Waals surface area (Å²) < 4.78 is 0.935. The highest BCUT2D eigenvalue weighted by Gasteiger charge is 2.11. The van der Waals surface area contributed by atoms with E-state index in [4.69, 9.17) is 0 Å². The van der Waals surface area contributed by atoms with Crippen LogP contribution in [0.15, 0.2) is 33.5 Å². The molecule has 3 aromatic rings. The fourth-order valence-corrected chi connectivity index (χ4v) is 3.70. The van der Waals surface area contributed by atoms with Crippen molar-refractivity contribution in [1.29, 1.82) is 0 Å². The molecular formula is C15H16BrN3OS. The molecule has 0 radical (unpaired) electrons. The van der Waals surface area contributed by atoms with Crippen LogP contribution in [0.2, 0.25) is 0 Å². The first kappa shape index (κ1) is 14.4. The Bertz CT molecular complexity index is 833. The standard InChI is InChI=1S/C15H16BrN3OS/c1-3-9-4-5-14(21-9)8(2)17-11-7-13-12(6-10(11)16)18-15(20)19-13/h4-8,17H,3H2,1-2H3,(H2,18,19,20). The van der Waals surface area contributed by atoms with Gasteiger partial charge in [-0.3, -0.25) is 0 Å². The largest absolute Gasteiger partial charge is 0.377 e. The van der Waals surface area contributed by atoms with Gasteiger partial charge in [-0.1, -0.05) is 6.92 Å². The molecule has 0 bridgehead atoms. The minimum Gasteiger partial charge on any atom is -0.377 e. The van der Waals surface area contributed by atoms with Gasteiger partial charge in [0.05, 0.1) is 22.8 Å². The lowest BCUT2D eigenvalue weighted by molar-refractivity contribution is 0.907. The molecular weight excluding hydrogens is 350 g/mol. The molecule has 0 aliphatic heterocycles. The van der Waals surface area contributed by atoms with Gasteiger partial charge in [0.2, 0.25) is 0 Å². The van der Waals surface area contributed by atoms with E-state index < -0.39 is 0 Å². The smallest absolute Gasteiger partial charge is 0.323 e. The number of imidazole rings is 1. The Labute approximate surface area is 134 Å². The SMILES string of the molecule is CCc1ccc(C(C)Nc2cc3[nH]c(=O)[nH]c3cc2Br)s1. The number of hydrogen-bond donors (Lipinski definition) is 3. The first-order valence-corrected chi connectivity index (χ1v) is 8.44. The molecule has 4 nitrogen and oxygen atoms in total. The fraction of sp³-hybridized carbons (Fsp3) is 0.267. The lowest BCUT2D eigenvalue weighted by atomic mass is 10.2.